The van der Waals surface area contributed by atoms with Gasteiger partial charge >= 0.3 is 0 Å². The van der Waals surface area contributed by atoms with Gasteiger partial charge in [-0.2, -0.15) is 0 Å². The molecule has 0 saturated heterocycles. The summed E-state index contributed by atoms with van der Waals surface area (Å²) in [5.74, 6) is 0.888. The molecule has 0 unspecified atom stereocenters. The number of hydrogen-bond acceptors (Lipinski definition) is 4. The van der Waals surface area contributed by atoms with Crippen LogP contribution in [0.25, 0.3) is 10.6 Å². The summed E-state index contributed by atoms with van der Waals surface area (Å²) in [6, 6.07) is 8.08. The van der Waals surface area contributed by atoms with Gasteiger partial charge in [0, 0.05) is 11.4 Å². The van der Waals surface area contributed by atoms with Crippen molar-refractivity contribution < 1.29 is 4.74 Å². The summed E-state index contributed by atoms with van der Waals surface area (Å²) in [4.78, 5) is 6.17. The lowest BCUT2D eigenvalue weighted by Gasteiger charge is -2.04. The molecule has 108 valence electrons. The zero-order chi connectivity index (χ0) is 14.4. The smallest absolute Gasteiger partial charge is 0.129 e. The minimum absolute atomic E-state index is 0.888. The average Bonchev–Trinajstić information content (AvgIpc) is 2.88. The van der Waals surface area contributed by atoms with Crippen molar-refractivity contribution in [2.45, 2.75) is 33.2 Å². The second-order valence-corrected chi connectivity index (χ2v) is 5.70. The molecule has 0 radical (unpaired) electrons. The highest BCUT2D eigenvalue weighted by Gasteiger charge is 2.14. The lowest BCUT2D eigenvalue weighted by atomic mass is 10.2. The van der Waals surface area contributed by atoms with E-state index < -0.39 is 0 Å². The molecule has 2 aromatic rings. The lowest BCUT2D eigenvalue weighted by Crippen LogP contribution is -2.11. The van der Waals surface area contributed by atoms with Gasteiger partial charge in [-0.1, -0.05) is 32.4 Å². The van der Waals surface area contributed by atoms with Gasteiger partial charge in [-0.05, 0) is 25.1 Å². The van der Waals surface area contributed by atoms with Crippen molar-refractivity contribution >= 4 is 11.3 Å². The highest BCUT2D eigenvalue weighted by atomic mass is 32.1. The van der Waals surface area contributed by atoms with Crippen LogP contribution in [-0.2, 0) is 13.0 Å². The first-order valence-electron chi connectivity index (χ1n) is 7.12. The van der Waals surface area contributed by atoms with Crippen LogP contribution in [0, 0.1) is 0 Å². The molecule has 0 bridgehead atoms. The maximum absolute atomic E-state index is 5.44. The second kappa shape index (κ2) is 7.41. The lowest BCUT2D eigenvalue weighted by molar-refractivity contribution is 0.416. The molecule has 0 spiro atoms. The third-order valence-corrected chi connectivity index (χ3v) is 4.27. The third-order valence-electron chi connectivity index (χ3n) is 3.14. The van der Waals surface area contributed by atoms with Crippen LogP contribution >= 0.6 is 11.3 Å². The number of para-hydroxylation sites is 1. The van der Waals surface area contributed by atoms with Gasteiger partial charge in [-0.15, -0.1) is 11.3 Å². The molecule has 1 N–H and O–H groups in total. The van der Waals surface area contributed by atoms with Crippen molar-refractivity contribution in [3.8, 4) is 16.3 Å². The first kappa shape index (κ1) is 15.0. The fraction of sp³-hybridized carbons (Fsp3) is 0.438. The predicted molar refractivity (Wildman–Crippen MR) is 85.5 cm³/mol. The van der Waals surface area contributed by atoms with Gasteiger partial charge in [0.25, 0.3) is 0 Å². The molecule has 0 saturated carbocycles. The number of rotatable bonds is 7. The van der Waals surface area contributed by atoms with E-state index >= 15 is 0 Å². The van der Waals surface area contributed by atoms with Gasteiger partial charge in [0.05, 0.1) is 18.4 Å². The van der Waals surface area contributed by atoms with E-state index in [1.165, 1.54) is 10.6 Å². The predicted octanol–water partition coefficient (Wildman–Crippen LogP) is 3.88. The monoisotopic (exact) mass is 290 g/mol. The molecular formula is C16H22N2OS. The van der Waals surface area contributed by atoms with Crippen LogP contribution in [0.1, 0.15) is 30.8 Å². The Bertz CT molecular complexity index is 551. The van der Waals surface area contributed by atoms with Gasteiger partial charge in [0.15, 0.2) is 0 Å². The summed E-state index contributed by atoms with van der Waals surface area (Å²) in [5, 5.41) is 4.45. The van der Waals surface area contributed by atoms with Gasteiger partial charge in [0.1, 0.15) is 10.8 Å². The van der Waals surface area contributed by atoms with Gasteiger partial charge in [0.2, 0.25) is 0 Å². The Morgan fingerprint density at radius 1 is 1.25 bits per heavy atom. The number of benzene rings is 1. The topological polar surface area (TPSA) is 34.1 Å². The highest BCUT2D eigenvalue weighted by molar-refractivity contribution is 7.15. The summed E-state index contributed by atoms with van der Waals surface area (Å²) in [5.41, 5.74) is 2.31. The van der Waals surface area contributed by atoms with Crippen LogP contribution in [0.2, 0.25) is 0 Å². The van der Waals surface area contributed by atoms with Crippen molar-refractivity contribution in [3.63, 3.8) is 0 Å². The maximum atomic E-state index is 5.44. The molecule has 4 heteroatoms. The zero-order valence-electron chi connectivity index (χ0n) is 12.4. The van der Waals surface area contributed by atoms with E-state index in [1.54, 1.807) is 18.4 Å². The number of aryl methyl sites for hydroxylation is 1. The van der Waals surface area contributed by atoms with Crippen molar-refractivity contribution in [1.82, 2.24) is 10.3 Å². The zero-order valence-corrected chi connectivity index (χ0v) is 13.2. The van der Waals surface area contributed by atoms with E-state index in [1.807, 2.05) is 18.2 Å². The van der Waals surface area contributed by atoms with Gasteiger partial charge in [-0.25, -0.2) is 4.98 Å². The minimum Gasteiger partial charge on any atom is -0.496 e. The van der Waals surface area contributed by atoms with E-state index in [4.69, 9.17) is 9.72 Å². The van der Waals surface area contributed by atoms with Crippen molar-refractivity contribution in [2.75, 3.05) is 13.7 Å². The maximum Gasteiger partial charge on any atom is 0.129 e. The number of thiazole rings is 1. The Balaban J connectivity index is 2.36. The highest BCUT2D eigenvalue weighted by Crippen LogP contribution is 2.34. The number of nitrogens with one attached hydrogen (secondary N) is 1. The molecule has 2 rings (SSSR count). The molecule has 1 heterocycles. The number of aromatic nitrogens is 1. The molecule has 3 nitrogen and oxygen atoms in total. The van der Waals surface area contributed by atoms with Crippen LogP contribution in [0.15, 0.2) is 24.3 Å². The Morgan fingerprint density at radius 2 is 2.05 bits per heavy atom. The normalized spacial score (nSPS) is 10.8. The molecule has 0 aliphatic carbocycles. The molecule has 0 aliphatic heterocycles. The number of methoxy groups -OCH3 is 1. The molecule has 1 aromatic carbocycles. The largest absolute Gasteiger partial charge is 0.496 e. The summed E-state index contributed by atoms with van der Waals surface area (Å²) in [6.07, 6.45) is 2.15. The number of hydrogen-bond donors (Lipinski definition) is 1. The molecule has 1 aromatic heterocycles. The third kappa shape index (κ3) is 3.38. The fourth-order valence-corrected chi connectivity index (χ4v) is 3.24. The van der Waals surface area contributed by atoms with Gasteiger partial charge < -0.3 is 10.1 Å². The SMILES string of the molecule is CCCc1nc(-c2ccccc2OC)sc1CNCC. The Morgan fingerprint density at radius 3 is 2.75 bits per heavy atom. The minimum atomic E-state index is 0.888. The summed E-state index contributed by atoms with van der Waals surface area (Å²) < 4.78 is 5.44. The molecular weight excluding hydrogens is 268 g/mol. The number of nitrogens with zero attached hydrogens (tertiary/aromatic N) is 1. The summed E-state index contributed by atoms with van der Waals surface area (Å²) in [7, 11) is 1.71. The first-order valence-corrected chi connectivity index (χ1v) is 7.94. The fourth-order valence-electron chi connectivity index (χ4n) is 2.13. The molecule has 20 heavy (non-hydrogen) atoms. The first-order chi connectivity index (χ1) is 9.80. The van der Waals surface area contributed by atoms with E-state index in [9.17, 15) is 0 Å². The van der Waals surface area contributed by atoms with Crippen LogP contribution in [0.3, 0.4) is 0 Å². The van der Waals surface area contributed by atoms with Crippen molar-refractivity contribution in [2.24, 2.45) is 0 Å². The average molecular weight is 290 g/mol. The second-order valence-electron chi connectivity index (χ2n) is 4.62. The van der Waals surface area contributed by atoms with E-state index in [2.05, 4.69) is 25.2 Å². The van der Waals surface area contributed by atoms with Gasteiger partial charge in [-0.3, -0.25) is 0 Å². The Kier molecular flexibility index (Phi) is 5.56. The van der Waals surface area contributed by atoms with Crippen LogP contribution < -0.4 is 10.1 Å². The van der Waals surface area contributed by atoms with E-state index in [-0.39, 0.29) is 0 Å². The van der Waals surface area contributed by atoms with Crippen molar-refractivity contribution in [1.29, 1.82) is 0 Å². The summed E-state index contributed by atoms with van der Waals surface area (Å²) >= 11 is 1.77. The van der Waals surface area contributed by atoms with Crippen molar-refractivity contribution in [3.05, 3.63) is 34.8 Å². The molecule has 0 aliphatic rings. The summed E-state index contributed by atoms with van der Waals surface area (Å²) in [6.45, 7) is 6.20. The number of ether oxygens (including phenoxy) is 1. The Hall–Kier alpha value is -1.39. The standard InChI is InChI=1S/C16H22N2OS/c1-4-8-13-15(11-17-5-2)20-16(18-13)12-9-6-7-10-14(12)19-3/h6-7,9-10,17H,4-5,8,11H2,1-3H3. The quantitative estimate of drug-likeness (QED) is 0.840. The molecule has 0 atom stereocenters. The Labute approximate surface area is 125 Å². The van der Waals surface area contributed by atoms with E-state index in [0.29, 0.717) is 0 Å². The van der Waals surface area contributed by atoms with Crippen LogP contribution in [-0.4, -0.2) is 18.6 Å². The molecule has 0 fully saturated rings. The van der Waals surface area contributed by atoms with E-state index in [0.717, 1.165) is 42.3 Å². The van der Waals surface area contributed by atoms with Crippen LogP contribution in [0.5, 0.6) is 5.75 Å². The molecule has 0 amide bonds. The van der Waals surface area contributed by atoms with Crippen LogP contribution in [0.4, 0.5) is 0 Å².